The number of nitrogens with zero attached hydrogens (tertiary/aromatic N) is 1. The molecule has 0 atom stereocenters. The summed E-state index contributed by atoms with van der Waals surface area (Å²) < 4.78 is 64.7. The molecular weight excluding hydrogens is 361 g/mol. The zero-order valence-corrected chi connectivity index (χ0v) is 16.2. The smallest absolute Gasteiger partial charge is 0.399 e. The average Bonchev–Trinajstić information content (AvgIpc) is 2.75. The number of hydrogen-bond acceptors (Lipinski definition) is 3. The van der Waals surface area contributed by atoms with E-state index in [0.29, 0.717) is 25.1 Å². The van der Waals surface area contributed by atoms with Crippen molar-refractivity contribution in [3.05, 3.63) is 29.6 Å². The van der Waals surface area contributed by atoms with Crippen LogP contribution in [0.15, 0.2) is 18.2 Å². The highest BCUT2D eigenvalue weighted by Crippen LogP contribution is 2.37. The van der Waals surface area contributed by atoms with E-state index in [-0.39, 0.29) is 12.8 Å². The van der Waals surface area contributed by atoms with Crippen molar-refractivity contribution in [3.8, 4) is 0 Å². The number of piperidine rings is 1. The lowest BCUT2D eigenvalue weighted by Gasteiger charge is -2.32. The zero-order valence-electron chi connectivity index (χ0n) is 16.2. The van der Waals surface area contributed by atoms with Crippen LogP contribution < -0.4 is 5.46 Å². The van der Waals surface area contributed by atoms with Gasteiger partial charge in [-0.25, -0.2) is 4.39 Å². The van der Waals surface area contributed by atoms with Crippen LogP contribution in [0.5, 0.6) is 0 Å². The molecule has 2 saturated heterocycles. The van der Waals surface area contributed by atoms with Crippen molar-refractivity contribution in [2.45, 2.75) is 64.5 Å². The predicted molar refractivity (Wildman–Crippen MR) is 96.2 cm³/mol. The molecular formula is C19H26BF4NO2. The normalized spacial score (nSPS) is 23.8. The van der Waals surface area contributed by atoms with Gasteiger partial charge >= 0.3 is 13.3 Å². The molecule has 0 unspecified atom stereocenters. The van der Waals surface area contributed by atoms with Crippen molar-refractivity contribution in [3.63, 3.8) is 0 Å². The summed E-state index contributed by atoms with van der Waals surface area (Å²) in [5.74, 6) is -1.65. The van der Waals surface area contributed by atoms with Gasteiger partial charge in [0.25, 0.3) is 0 Å². The minimum Gasteiger partial charge on any atom is -0.399 e. The molecule has 150 valence electrons. The molecule has 1 aromatic carbocycles. The molecule has 2 aliphatic rings. The van der Waals surface area contributed by atoms with Gasteiger partial charge in [-0.3, -0.25) is 4.90 Å². The van der Waals surface area contributed by atoms with Crippen molar-refractivity contribution >= 4 is 12.6 Å². The highest BCUT2D eigenvalue weighted by atomic mass is 19.4. The summed E-state index contributed by atoms with van der Waals surface area (Å²) in [6, 6.07) is 4.87. The second-order valence-electron chi connectivity index (χ2n) is 8.54. The number of halogens is 4. The molecule has 2 aliphatic heterocycles. The van der Waals surface area contributed by atoms with E-state index in [2.05, 4.69) is 0 Å². The molecule has 8 heteroatoms. The van der Waals surface area contributed by atoms with Crippen LogP contribution in [-0.2, 0) is 15.9 Å². The van der Waals surface area contributed by atoms with Crippen molar-refractivity contribution in [1.29, 1.82) is 0 Å². The first kappa shape index (κ1) is 20.6. The predicted octanol–water partition coefficient (Wildman–Crippen LogP) is 3.90. The van der Waals surface area contributed by atoms with Gasteiger partial charge in [-0.2, -0.15) is 13.2 Å². The zero-order chi connectivity index (χ0) is 20.0. The van der Waals surface area contributed by atoms with Gasteiger partial charge in [-0.05, 0) is 65.3 Å². The van der Waals surface area contributed by atoms with Crippen molar-refractivity contribution in [2.75, 3.05) is 13.1 Å². The molecule has 0 spiro atoms. The van der Waals surface area contributed by atoms with Gasteiger partial charge in [0.1, 0.15) is 5.82 Å². The van der Waals surface area contributed by atoms with E-state index < -0.39 is 36.2 Å². The Bertz CT molecular complexity index is 669. The topological polar surface area (TPSA) is 21.7 Å². The SMILES string of the molecule is CC1(C)OB(c2ccc(CN3CCC(C(F)(F)F)CC3)cc2F)OC1(C)C. The second-order valence-corrected chi connectivity index (χ2v) is 8.54. The quantitative estimate of drug-likeness (QED) is 0.580. The Balaban J connectivity index is 1.63. The Kier molecular flexibility index (Phi) is 5.38. The lowest BCUT2D eigenvalue weighted by molar-refractivity contribution is -0.185. The third-order valence-corrected chi connectivity index (χ3v) is 6.03. The lowest BCUT2D eigenvalue weighted by atomic mass is 9.78. The third-order valence-electron chi connectivity index (χ3n) is 6.03. The van der Waals surface area contributed by atoms with Gasteiger partial charge in [0, 0.05) is 12.0 Å². The number of rotatable bonds is 3. The molecule has 0 saturated carbocycles. The maximum absolute atomic E-state index is 14.7. The summed E-state index contributed by atoms with van der Waals surface area (Å²) in [6.45, 7) is 8.79. The van der Waals surface area contributed by atoms with Crippen molar-refractivity contribution < 1.29 is 26.9 Å². The van der Waals surface area contributed by atoms with Gasteiger partial charge < -0.3 is 9.31 Å². The summed E-state index contributed by atoms with van der Waals surface area (Å²) in [5.41, 5.74) is -0.0246. The van der Waals surface area contributed by atoms with E-state index in [1.54, 1.807) is 12.1 Å². The van der Waals surface area contributed by atoms with Crippen molar-refractivity contribution in [1.82, 2.24) is 4.90 Å². The molecule has 0 radical (unpaired) electrons. The van der Waals surface area contributed by atoms with Gasteiger partial charge in [-0.1, -0.05) is 12.1 Å². The summed E-state index contributed by atoms with van der Waals surface area (Å²) >= 11 is 0. The number of alkyl halides is 3. The van der Waals surface area contributed by atoms with Gasteiger partial charge in [0.05, 0.1) is 17.1 Å². The van der Waals surface area contributed by atoms with Crippen LogP contribution in [0.4, 0.5) is 17.6 Å². The fourth-order valence-corrected chi connectivity index (χ4v) is 3.51. The molecule has 3 rings (SSSR count). The standard InChI is InChI=1S/C19H26BF4NO2/c1-17(2)18(3,4)27-20(26-17)15-6-5-13(11-16(15)21)12-25-9-7-14(8-10-25)19(22,23)24/h5-6,11,14H,7-10,12H2,1-4H3. The maximum atomic E-state index is 14.7. The molecule has 2 fully saturated rings. The minimum absolute atomic E-state index is 0.0952. The van der Waals surface area contributed by atoms with E-state index in [1.807, 2.05) is 32.6 Å². The number of hydrogen-bond donors (Lipinski definition) is 0. The fraction of sp³-hybridized carbons (Fsp3) is 0.684. The molecule has 1 aromatic rings. The van der Waals surface area contributed by atoms with E-state index in [1.165, 1.54) is 6.07 Å². The van der Waals surface area contributed by atoms with Crippen LogP contribution in [0.2, 0.25) is 0 Å². The molecule has 0 N–H and O–H groups in total. The van der Waals surface area contributed by atoms with Crippen LogP contribution in [0.25, 0.3) is 0 Å². The molecule has 0 bridgehead atoms. The number of likely N-dealkylation sites (tertiary alicyclic amines) is 1. The van der Waals surface area contributed by atoms with E-state index >= 15 is 0 Å². The van der Waals surface area contributed by atoms with E-state index in [4.69, 9.17) is 9.31 Å². The molecule has 0 aromatic heterocycles. The summed E-state index contributed by atoms with van der Waals surface area (Å²) in [5, 5.41) is 0. The molecule has 0 amide bonds. The van der Waals surface area contributed by atoms with Crippen LogP contribution in [0, 0.1) is 11.7 Å². The van der Waals surface area contributed by atoms with Crippen molar-refractivity contribution in [2.24, 2.45) is 5.92 Å². The van der Waals surface area contributed by atoms with Crippen LogP contribution in [0.3, 0.4) is 0 Å². The van der Waals surface area contributed by atoms with Crippen LogP contribution in [-0.4, -0.2) is 42.5 Å². The third kappa shape index (κ3) is 4.33. The van der Waals surface area contributed by atoms with Crippen LogP contribution >= 0.6 is 0 Å². The first-order valence-corrected chi connectivity index (χ1v) is 9.32. The summed E-state index contributed by atoms with van der Waals surface area (Å²) in [7, 11) is -0.772. The minimum atomic E-state index is -4.12. The molecule has 3 nitrogen and oxygen atoms in total. The largest absolute Gasteiger partial charge is 0.497 e. The van der Waals surface area contributed by atoms with Gasteiger partial charge in [0.2, 0.25) is 0 Å². The second kappa shape index (κ2) is 7.05. The molecule has 27 heavy (non-hydrogen) atoms. The average molecular weight is 387 g/mol. The molecule has 2 heterocycles. The summed E-state index contributed by atoms with van der Waals surface area (Å²) in [6.07, 6.45) is -3.93. The highest BCUT2D eigenvalue weighted by molar-refractivity contribution is 6.62. The number of benzene rings is 1. The highest BCUT2D eigenvalue weighted by Gasteiger charge is 2.52. The first-order valence-electron chi connectivity index (χ1n) is 9.32. The Hall–Kier alpha value is -1.12. The van der Waals surface area contributed by atoms with E-state index in [9.17, 15) is 17.6 Å². The van der Waals surface area contributed by atoms with Crippen LogP contribution in [0.1, 0.15) is 46.1 Å². The Morgan fingerprint density at radius 1 is 1.07 bits per heavy atom. The Morgan fingerprint density at radius 2 is 1.63 bits per heavy atom. The maximum Gasteiger partial charge on any atom is 0.497 e. The van der Waals surface area contributed by atoms with Gasteiger partial charge in [-0.15, -0.1) is 0 Å². The fourth-order valence-electron chi connectivity index (χ4n) is 3.51. The lowest BCUT2D eigenvalue weighted by Crippen LogP contribution is -2.41. The van der Waals surface area contributed by atoms with E-state index in [0.717, 1.165) is 5.56 Å². The Labute approximate surface area is 158 Å². The van der Waals surface area contributed by atoms with Gasteiger partial charge in [0.15, 0.2) is 0 Å². The monoisotopic (exact) mass is 387 g/mol. The molecule has 0 aliphatic carbocycles. The Morgan fingerprint density at radius 3 is 2.11 bits per heavy atom. The summed E-state index contributed by atoms with van der Waals surface area (Å²) in [4.78, 5) is 1.94. The first-order chi connectivity index (χ1) is 12.4.